The maximum Gasteiger partial charge on any atom is 0.288 e. The molecule has 2 aromatic carbocycles. The van der Waals surface area contributed by atoms with Crippen LogP contribution in [0, 0.1) is 10.1 Å². The van der Waals surface area contributed by atoms with Crippen molar-refractivity contribution in [2.75, 3.05) is 0 Å². The van der Waals surface area contributed by atoms with Crippen molar-refractivity contribution in [2.45, 2.75) is 0 Å². The van der Waals surface area contributed by atoms with E-state index < -0.39 is 4.92 Å². The minimum atomic E-state index is -0.487. The zero-order chi connectivity index (χ0) is 14.4. The minimum absolute atomic E-state index is 0.0825. The maximum absolute atomic E-state index is 10.8. The first kappa shape index (κ1) is 14.0. The quantitative estimate of drug-likeness (QED) is 0.452. The van der Waals surface area contributed by atoms with Crippen LogP contribution in [0.4, 0.5) is 5.69 Å². The Bertz CT molecular complexity index is 663. The highest BCUT2D eigenvalue weighted by molar-refractivity contribution is 6.32. The molecular formula is C16H12ClNO2. The van der Waals surface area contributed by atoms with E-state index in [-0.39, 0.29) is 10.7 Å². The van der Waals surface area contributed by atoms with Crippen LogP contribution in [0.1, 0.15) is 11.1 Å². The summed E-state index contributed by atoms with van der Waals surface area (Å²) in [5.41, 5.74) is 1.75. The number of nitro groups is 1. The number of nitrogens with zero attached hydrogens (tertiary/aromatic N) is 1. The molecule has 0 atom stereocenters. The summed E-state index contributed by atoms with van der Waals surface area (Å²) in [4.78, 5) is 10.3. The van der Waals surface area contributed by atoms with Gasteiger partial charge in [0, 0.05) is 6.07 Å². The van der Waals surface area contributed by atoms with Crippen molar-refractivity contribution in [1.29, 1.82) is 0 Å². The van der Waals surface area contributed by atoms with Crippen molar-refractivity contribution in [1.82, 2.24) is 0 Å². The van der Waals surface area contributed by atoms with E-state index in [1.54, 1.807) is 12.1 Å². The van der Waals surface area contributed by atoms with Gasteiger partial charge < -0.3 is 0 Å². The molecule has 4 heteroatoms. The number of nitro benzene ring substituents is 1. The van der Waals surface area contributed by atoms with Crippen molar-refractivity contribution in [3.63, 3.8) is 0 Å². The lowest BCUT2D eigenvalue weighted by atomic mass is 10.1. The molecule has 100 valence electrons. The molecule has 0 aliphatic carbocycles. The summed E-state index contributed by atoms with van der Waals surface area (Å²) >= 11 is 5.75. The molecule has 0 bridgehead atoms. The third-order valence-corrected chi connectivity index (χ3v) is 2.97. The third kappa shape index (κ3) is 3.80. The molecule has 0 aliphatic rings. The van der Waals surface area contributed by atoms with Gasteiger partial charge in [-0.2, -0.15) is 0 Å². The Kier molecular flexibility index (Phi) is 4.69. The molecule has 0 unspecified atom stereocenters. The molecule has 3 nitrogen and oxygen atoms in total. The fourth-order valence-corrected chi connectivity index (χ4v) is 1.86. The highest BCUT2D eigenvalue weighted by Gasteiger charge is 2.11. The smallest absolute Gasteiger partial charge is 0.258 e. The van der Waals surface area contributed by atoms with Crippen LogP contribution < -0.4 is 0 Å². The Morgan fingerprint density at radius 3 is 2.25 bits per heavy atom. The molecule has 0 N–H and O–H groups in total. The molecule has 2 rings (SSSR count). The Balaban J connectivity index is 2.10. The van der Waals surface area contributed by atoms with E-state index in [9.17, 15) is 10.1 Å². The average molecular weight is 286 g/mol. The topological polar surface area (TPSA) is 43.1 Å². The fraction of sp³-hybridized carbons (Fsp3) is 0. The third-order valence-electron chi connectivity index (χ3n) is 2.65. The van der Waals surface area contributed by atoms with Gasteiger partial charge in [-0.05, 0) is 17.2 Å². The van der Waals surface area contributed by atoms with Crippen LogP contribution in [0.2, 0.25) is 5.02 Å². The normalized spacial score (nSPS) is 11.2. The SMILES string of the molecule is O=[N+]([O-])c1cc(C=CC=Cc2ccccc2)ccc1Cl. The summed E-state index contributed by atoms with van der Waals surface area (Å²) in [7, 11) is 0. The van der Waals surface area contributed by atoms with Gasteiger partial charge in [0.2, 0.25) is 0 Å². The summed E-state index contributed by atoms with van der Waals surface area (Å²) < 4.78 is 0. The van der Waals surface area contributed by atoms with Gasteiger partial charge in [-0.15, -0.1) is 0 Å². The first-order valence-corrected chi connectivity index (χ1v) is 6.38. The molecule has 20 heavy (non-hydrogen) atoms. The van der Waals surface area contributed by atoms with Gasteiger partial charge in [0.15, 0.2) is 0 Å². The van der Waals surface area contributed by atoms with Crippen LogP contribution in [0.25, 0.3) is 12.2 Å². The van der Waals surface area contributed by atoms with Crippen molar-refractivity contribution in [3.05, 3.63) is 86.9 Å². The number of hydrogen-bond acceptors (Lipinski definition) is 2. The number of halogens is 1. The van der Waals surface area contributed by atoms with Crippen LogP contribution >= 0.6 is 11.6 Å². The van der Waals surface area contributed by atoms with Crippen molar-refractivity contribution < 1.29 is 4.92 Å². The number of hydrogen-bond donors (Lipinski definition) is 0. The molecule has 0 aliphatic heterocycles. The largest absolute Gasteiger partial charge is 0.288 e. The number of rotatable bonds is 4. The van der Waals surface area contributed by atoms with Crippen molar-refractivity contribution in [2.24, 2.45) is 0 Å². The zero-order valence-electron chi connectivity index (χ0n) is 10.6. The fourth-order valence-electron chi connectivity index (χ4n) is 1.67. The van der Waals surface area contributed by atoms with Gasteiger partial charge in [0.1, 0.15) is 5.02 Å². The van der Waals surface area contributed by atoms with Crippen molar-refractivity contribution >= 4 is 29.4 Å². The standard InChI is InChI=1S/C16H12ClNO2/c17-15-11-10-14(12-16(15)18(19)20)9-5-4-8-13-6-2-1-3-7-13/h1-12H. The molecule has 2 aromatic rings. The summed E-state index contributed by atoms with van der Waals surface area (Å²) in [6.45, 7) is 0. The van der Waals surface area contributed by atoms with E-state index in [0.29, 0.717) is 0 Å². The van der Waals surface area contributed by atoms with Crippen molar-refractivity contribution in [3.8, 4) is 0 Å². The molecule has 0 aromatic heterocycles. The first-order chi connectivity index (χ1) is 9.66. The summed E-state index contributed by atoms with van der Waals surface area (Å²) in [6.07, 6.45) is 7.47. The molecule has 0 saturated heterocycles. The Morgan fingerprint density at radius 1 is 0.950 bits per heavy atom. The van der Waals surface area contributed by atoms with Crippen LogP contribution in [0.15, 0.2) is 60.7 Å². The Morgan fingerprint density at radius 2 is 1.60 bits per heavy atom. The Hall–Kier alpha value is -2.39. The molecule has 0 heterocycles. The second kappa shape index (κ2) is 6.68. The lowest BCUT2D eigenvalue weighted by Crippen LogP contribution is -1.89. The highest BCUT2D eigenvalue weighted by atomic mass is 35.5. The highest BCUT2D eigenvalue weighted by Crippen LogP contribution is 2.25. The summed E-state index contributed by atoms with van der Waals surface area (Å²) in [6, 6.07) is 14.6. The lowest BCUT2D eigenvalue weighted by molar-refractivity contribution is -0.384. The van der Waals surface area contributed by atoms with Crippen LogP contribution in [-0.2, 0) is 0 Å². The summed E-state index contributed by atoms with van der Waals surface area (Å²) in [5.74, 6) is 0. The van der Waals surface area contributed by atoms with E-state index in [1.807, 2.05) is 48.6 Å². The van der Waals surface area contributed by atoms with Crippen LogP contribution in [0.3, 0.4) is 0 Å². The van der Waals surface area contributed by atoms with Gasteiger partial charge in [-0.1, -0.05) is 72.3 Å². The van der Waals surface area contributed by atoms with Gasteiger partial charge in [0.25, 0.3) is 5.69 Å². The van der Waals surface area contributed by atoms with Crippen LogP contribution in [0.5, 0.6) is 0 Å². The maximum atomic E-state index is 10.8. The van der Waals surface area contributed by atoms with Gasteiger partial charge in [-0.25, -0.2) is 0 Å². The predicted octanol–water partition coefficient (Wildman–Crippen LogP) is 4.97. The molecule has 0 radical (unpaired) electrons. The van der Waals surface area contributed by atoms with Gasteiger partial charge >= 0.3 is 0 Å². The monoisotopic (exact) mass is 285 g/mol. The lowest BCUT2D eigenvalue weighted by Gasteiger charge is -1.96. The molecule has 0 saturated carbocycles. The molecule has 0 spiro atoms. The van der Waals surface area contributed by atoms with E-state index in [0.717, 1.165) is 11.1 Å². The number of allylic oxidation sites excluding steroid dienone is 2. The first-order valence-electron chi connectivity index (χ1n) is 6.00. The summed E-state index contributed by atoms with van der Waals surface area (Å²) in [5, 5.41) is 10.9. The molecule has 0 amide bonds. The minimum Gasteiger partial charge on any atom is -0.258 e. The molecular weight excluding hydrogens is 274 g/mol. The number of benzene rings is 2. The van der Waals surface area contributed by atoms with Gasteiger partial charge in [-0.3, -0.25) is 10.1 Å². The second-order valence-electron chi connectivity index (χ2n) is 4.10. The second-order valence-corrected chi connectivity index (χ2v) is 4.50. The zero-order valence-corrected chi connectivity index (χ0v) is 11.3. The molecule has 0 fully saturated rings. The predicted molar refractivity (Wildman–Crippen MR) is 82.6 cm³/mol. The van der Waals surface area contributed by atoms with E-state index in [1.165, 1.54) is 12.1 Å². The van der Waals surface area contributed by atoms with Gasteiger partial charge in [0.05, 0.1) is 4.92 Å². The van der Waals surface area contributed by atoms with E-state index in [2.05, 4.69) is 0 Å². The van der Waals surface area contributed by atoms with Crippen LogP contribution in [-0.4, -0.2) is 4.92 Å². The Labute approximate surface area is 122 Å². The average Bonchev–Trinajstić information content (AvgIpc) is 2.46. The van der Waals surface area contributed by atoms with E-state index in [4.69, 9.17) is 11.6 Å². The van der Waals surface area contributed by atoms with E-state index >= 15 is 0 Å².